The number of nitrogens with zero attached hydrogens (tertiary/aromatic N) is 3. The second-order valence-corrected chi connectivity index (χ2v) is 16.3. The molecule has 0 unspecified atom stereocenters. The molecule has 2 bridgehead atoms. The van der Waals surface area contributed by atoms with Crippen LogP contribution in [0.15, 0.2) is 48.6 Å². The third kappa shape index (κ3) is 7.95. The van der Waals surface area contributed by atoms with E-state index in [1.54, 1.807) is 25.2 Å². The van der Waals surface area contributed by atoms with Gasteiger partial charge in [-0.2, -0.15) is 0 Å². The Balaban J connectivity index is 1.23. The second kappa shape index (κ2) is 15.5. The molecule has 1 saturated carbocycles. The average Bonchev–Trinajstić information content (AvgIpc) is 3.28. The summed E-state index contributed by atoms with van der Waals surface area (Å²) in [4.78, 5) is 32.8. The predicted molar refractivity (Wildman–Crippen MR) is 199 cm³/mol. The first-order valence-corrected chi connectivity index (χ1v) is 19.5. The Morgan fingerprint density at radius 1 is 1.09 bits per heavy atom. The number of hydrogen-bond acceptors (Lipinski definition) is 8. The fourth-order valence-corrected chi connectivity index (χ4v) is 9.28. The molecule has 0 aromatic heterocycles. The van der Waals surface area contributed by atoms with Crippen molar-refractivity contribution in [2.45, 2.75) is 80.8 Å². The van der Waals surface area contributed by atoms with Crippen LogP contribution in [0.4, 0.5) is 14.5 Å². The highest BCUT2D eigenvalue weighted by molar-refractivity contribution is 6.30. The molecular weight excluding hydrogens is 704 g/mol. The van der Waals surface area contributed by atoms with Gasteiger partial charge >= 0.3 is 5.97 Å². The van der Waals surface area contributed by atoms with Crippen molar-refractivity contribution in [2.24, 2.45) is 11.8 Å². The van der Waals surface area contributed by atoms with E-state index in [9.17, 15) is 23.5 Å². The van der Waals surface area contributed by atoms with Gasteiger partial charge in [0.2, 0.25) is 5.91 Å². The monoisotopic (exact) mass is 755 g/mol. The molecule has 5 atom stereocenters. The lowest BCUT2D eigenvalue weighted by Gasteiger charge is -2.46. The van der Waals surface area contributed by atoms with E-state index in [1.165, 1.54) is 23.1 Å². The molecule has 1 N–H and O–H groups in total. The molecule has 5 aliphatic rings. The van der Waals surface area contributed by atoms with Gasteiger partial charge in [-0.25, -0.2) is 13.6 Å². The van der Waals surface area contributed by atoms with Gasteiger partial charge in [0.15, 0.2) is 5.60 Å². The number of amides is 1. The molecule has 1 saturated heterocycles. The summed E-state index contributed by atoms with van der Waals surface area (Å²) in [5.41, 5.74) is 0.978. The van der Waals surface area contributed by atoms with E-state index in [0.29, 0.717) is 69.7 Å². The minimum atomic E-state index is -2.59. The summed E-state index contributed by atoms with van der Waals surface area (Å²) in [5.74, 6) is -2.72. The van der Waals surface area contributed by atoms with Gasteiger partial charge in [-0.1, -0.05) is 35.9 Å². The Bertz CT molecular complexity index is 1700. The van der Waals surface area contributed by atoms with Crippen LogP contribution in [-0.4, -0.2) is 105 Å². The first-order chi connectivity index (χ1) is 25.4. The third-order valence-electron chi connectivity index (χ3n) is 12.5. The summed E-state index contributed by atoms with van der Waals surface area (Å²) in [6, 6.07) is 11.4. The number of fused-ring (bicyclic) bond motifs is 4. The Morgan fingerprint density at radius 3 is 2.66 bits per heavy atom. The number of alkyl halides is 2. The van der Waals surface area contributed by atoms with E-state index in [4.69, 9.17) is 25.8 Å². The molecule has 2 fully saturated rings. The van der Waals surface area contributed by atoms with Crippen LogP contribution in [0.1, 0.15) is 68.1 Å². The largest absolute Gasteiger partial charge is 0.490 e. The maximum Gasteiger partial charge on any atom is 0.343 e. The number of carbonyl (C=O) groups is 2. The molecule has 9 nitrogen and oxygen atoms in total. The van der Waals surface area contributed by atoms with Crippen molar-refractivity contribution in [1.82, 2.24) is 9.80 Å². The van der Waals surface area contributed by atoms with Gasteiger partial charge < -0.3 is 34.0 Å². The minimum absolute atomic E-state index is 0.119. The van der Waals surface area contributed by atoms with Crippen LogP contribution in [0.3, 0.4) is 0 Å². The number of piperidine rings is 1. The zero-order chi connectivity index (χ0) is 37.4. The number of esters is 1. The number of rotatable bonds is 5. The van der Waals surface area contributed by atoms with E-state index in [1.807, 2.05) is 12.1 Å². The number of anilines is 1. The molecule has 7 rings (SSSR count). The summed E-state index contributed by atoms with van der Waals surface area (Å²) >= 11 is 6.47. The summed E-state index contributed by atoms with van der Waals surface area (Å²) in [7, 11) is 2.88. The number of methoxy groups -OCH3 is 1. The normalized spacial score (nSPS) is 31.1. The predicted octanol–water partition coefficient (Wildman–Crippen LogP) is 6.12. The number of hydrogen-bond donors (Lipinski definition) is 1. The number of aliphatic hydroxyl groups is 1. The van der Waals surface area contributed by atoms with Crippen LogP contribution in [0.25, 0.3) is 0 Å². The van der Waals surface area contributed by atoms with Gasteiger partial charge in [-0.05, 0) is 91.3 Å². The zero-order valence-corrected chi connectivity index (χ0v) is 31.6. The molecule has 2 aliphatic carbocycles. The molecule has 12 heteroatoms. The standard InChI is InChI=1S/C41H52ClF2N3O6/c1-45-17-4-3-7-35(52-21-20-46-18-15-40(43,44)16-19-46)32-11-8-29(32)25-47-26-39(14-5-6-28-22-31(42)10-12-33(28)39)27-53-36-13-9-30(23-34(36)47)41(50,24-37(45)48)38(49)51-2/h3,7,9-10,12-13,22-23,29,32,35,50H,4-6,8,11,14-21,24-27H2,1-2H3/b7-3+/t29-,32+,35-,39-,41+/m0/s1. The van der Waals surface area contributed by atoms with Crippen LogP contribution in [-0.2, 0) is 36.5 Å². The number of aryl methyl sites for hydroxylation is 1. The second-order valence-electron chi connectivity index (χ2n) is 15.9. The Kier molecular flexibility index (Phi) is 11.1. The number of carbonyl (C=O) groups excluding carboxylic acids is 2. The molecule has 53 heavy (non-hydrogen) atoms. The summed E-state index contributed by atoms with van der Waals surface area (Å²) in [5, 5.41) is 12.7. The van der Waals surface area contributed by atoms with Crippen LogP contribution >= 0.6 is 11.6 Å². The molecule has 1 spiro atoms. The molecule has 288 valence electrons. The Morgan fingerprint density at radius 2 is 1.91 bits per heavy atom. The zero-order valence-electron chi connectivity index (χ0n) is 30.8. The summed E-state index contributed by atoms with van der Waals surface area (Å²) in [6.07, 6.45) is 8.69. The highest BCUT2D eigenvalue weighted by atomic mass is 35.5. The summed E-state index contributed by atoms with van der Waals surface area (Å²) < 4.78 is 46.0. The van der Waals surface area contributed by atoms with Crippen LogP contribution in [0, 0.1) is 11.8 Å². The van der Waals surface area contributed by atoms with E-state index < -0.39 is 29.8 Å². The summed E-state index contributed by atoms with van der Waals surface area (Å²) in [6.45, 7) is 3.97. The maximum absolute atomic E-state index is 13.8. The molecule has 2 aromatic rings. The van der Waals surface area contributed by atoms with Gasteiger partial charge in [-0.3, -0.25) is 4.79 Å². The van der Waals surface area contributed by atoms with Crippen LogP contribution in [0.2, 0.25) is 5.02 Å². The Hall–Kier alpha value is -3.25. The minimum Gasteiger partial charge on any atom is -0.490 e. The SMILES string of the molecule is COC(=O)[C@@]1(O)CC(=O)N(C)CC/C=C/[C@H](OCCN2CCC(F)(F)CC2)[C@@H]2CC[C@H]2CN2C[C@@]3(CCCc4cc(Cl)ccc43)COc3ccc1cc32. The lowest BCUT2D eigenvalue weighted by atomic mass is 9.68. The molecule has 2 aromatic carbocycles. The van der Waals surface area contributed by atoms with Crippen molar-refractivity contribution in [3.63, 3.8) is 0 Å². The van der Waals surface area contributed by atoms with Crippen molar-refractivity contribution >= 4 is 29.2 Å². The fourth-order valence-electron chi connectivity index (χ4n) is 9.09. The molecular formula is C41H52ClF2N3O6. The first kappa shape index (κ1) is 38.0. The van der Waals surface area contributed by atoms with E-state index >= 15 is 0 Å². The van der Waals surface area contributed by atoms with Crippen LogP contribution in [0.5, 0.6) is 5.75 Å². The topological polar surface area (TPSA) is 91.8 Å². The van der Waals surface area contributed by atoms with E-state index in [2.05, 4.69) is 28.0 Å². The molecule has 1 amide bonds. The van der Waals surface area contributed by atoms with Crippen molar-refractivity contribution < 1.29 is 37.7 Å². The van der Waals surface area contributed by atoms with Gasteiger partial charge in [0.05, 0.1) is 38.5 Å². The Labute approximate surface area is 316 Å². The lowest BCUT2D eigenvalue weighted by molar-refractivity contribution is -0.168. The number of benzene rings is 2. The molecule has 0 radical (unpaired) electrons. The molecule has 3 aliphatic heterocycles. The average molecular weight is 756 g/mol. The maximum atomic E-state index is 13.8. The lowest BCUT2D eigenvalue weighted by Crippen LogP contribution is -2.50. The van der Waals surface area contributed by atoms with Crippen molar-refractivity contribution in [2.75, 3.05) is 71.5 Å². The van der Waals surface area contributed by atoms with Gasteiger partial charge in [0.25, 0.3) is 5.92 Å². The van der Waals surface area contributed by atoms with E-state index in [-0.39, 0.29) is 41.8 Å². The van der Waals surface area contributed by atoms with Crippen molar-refractivity contribution in [3.8, 4) is 5.75 Å². The van der Waals surface area contributed by atoms with E-state index in [0.717, 1.165) is 37.8 Å². The van der Waals surface area contributed by atoms with Gasteiger partial charge in [0.1, 0.15) is 5.75 Å². The number of ether oxygens (including phenoxy) is 3. The van der Waals surface area contributed by atoms with Gasteiger partial charge in [0, 0.05) is 69.6 Å². The van der Waals surface area contributed by atoms with Crippen LogP contribution < -0.4 is 9.64 Å². The van der Waals surface area contributed by atoms with Crippen molar-refractivity contribution in [3.05, 3.63) is 70.3 Å². The smallest absolute Gasteiger partial charge is 0.343 e. The molecule has 3 heterocycles. The number of likely N-dealkylation sites (tertiary alicyclic amines) is 1. The quantitative estimate of drug-likeness (QED) is 0.289. The first-order valence-electron chi connectivity index (χ1n) is 19.1. The number of halogens is 3. The highest BCUT2D eigenvalue weighted by Crippen LogP contribution is 2.48. The third-order valence-corrected chi connectivity index (χ3v) is 12.7. The van der Waals surface area contributed by atoms with Crippen molar-refractivity contribution in [1.29, 1.82) is 0 Å². The van der Waals surface area contributed by atoms with Gasteiger partial charge in [-0.15, -0.1) is 0 Å². The highest BCUT2D eigenvalue weighted by Gasteiger charge is 2.47. The fraction of sp³-hybridized carbons (Fsp3) is 0.610.